The van der Waals surface area contributed by atoms with Crippen molar-refractivity contribution in [2.75, 3.05) is 0 Å². The molecular weight excluding hydrogens is 409 g/mol. The molecule has 0 aliphatic rings. The smallest absolute Gasteiger partial charge is 0.342 e. The van der Waals surface area contributed by atoms with Gasteiger partial charge in [0.25, 0.3) is 0 Å². The third-order valence-corrected chi connectivity index (χ3v) is 4.75. The van der Waals surface area contributed by atoms with Gasteiger partial charge in [-0.2, -0.15) is 23.0 Å². The number of alkyl halides is 3. The monoisotopic (exact) mass is 428 g/mol. The number of aromatic nitrogens is 6. The van der Waals surface area contributed by atoms with Crippen LogP contribution < -0.4 is 0 Å². The van der Waals surface area contributed by atoms with E-state index in [1.54, 1.807) is 0 Å². The lowest BCUT2D eigenvalue weighted by Gasteiger charge is -2.23. The van der Waals surface area contributed by atoms with Crippen LogP contribution in [0.15, 0.2) is 53.4 Å². The van der Waals surface area contributed by atoms with Crippen LogP contribution in [0.2, 0.25) is 0 Å². The Bertz CT molecular complexity index is 1190. The minimum absolute atomic E-state index is 0.123. The first-order chi connectivity index (χ1) is 14.6. The van der Waals surface area contributed by atoms with Gasteiger partial charge in [-0.15, -0.1) is 10.2 Å². The molecule has 0 amide bonds. The summed E-state index contributed by atoms with van der Waals surface area (Å²) in [5.74, 6) is 0.579. The second-order valence-electron chi connectivity index (χ2n) is 8.10. The summed E-state index contributed by atoms with van der Waals surface area (Å²) in [5.41, 5.74) is 2.09. The number of halogens is 3. The zero-order valence-corrected chi connectivity index (χ0v) is 17.1. The van der Waals surface area contributed by atoms with E-state index in [0.29, 0.717) is 5.82 Å². The Labute approximate surface area is 175 Å². The maximum atomic E-state index is 13.0. The van der Waals surface area contributed by atoms with Gasteiger partial charge in [0.05, 0.1) is 12.1 Å². The molecule has 0 bridgehead atoms. The van der Waals surface area contributed by atoms with Crippen molar-refractivity contribution < 1.29 is 17.7 Å². The Kier molecular flexibility index (Phi) is 5.08. The molecule has 31 heavy (non-hydrogen) atoms. The third-order valence-electron chi connectivity index (χ3n) is 4.75. The summed E-state index contributed by atoms with van der Waals surface area (Å²) in [6.07, 6.45) is -3.18. The van der Waals surface area contributed by atoms with Crippen molar-refractivity contribution in [3.05, 3.63) is 65.5 Å². The Morgan fingerprint density at radius 3 is 2.42 bits per heavy atom. The van der Waals surface area contributed by atoms with E-state index in [-0.39, 0.29) is 23.3 Å². The number of nitrogens with zero attached hydrogens (tertiary/aromatic N) is 6. The topological polar surface area (TPSA) is 82.5 Å². The molecule has 0 saturated carbocycles. The number of tetrazole rings is 1. The zero-order chi connectivity index (χ0) is 22.2. The van der Waals surface area contributed by atoms with Gasteiger partial charge in [0.2, 0.25) is 18.0 Å². The van der Waals surface area contributed by atoms with Crippen LogP contribution in [0.3, 0.4) is 0 Å². The molecule has 0 saturated heterocycles. The Morgan fingerprint density at radius 1 is 0.968 bits per heavy atom. The maximum Gasteiger partial charge on any atom is 0.416 e. The van der Waals surface area contributed by atoms with E-state index in [0.717, 1.165) is 28.8 Å². The van der Waals surface area contributed by atoms with Crippen molar-refractivity contribution in [1.82, 2.24) is 30.3 Å². The fraction of sp³-hybridized carbons (Fsp3) is 0.286. The van der Waals surface area contributed by atoms with Gasteiger partial charge in [0, 0.05) is 11.1 Å². The molecule has 10 heteroatoms. The SMILES string of the molecule is CC(C)(C)c1ccc(-c2ncon2)cc1Cn1nnc(-c2cccc(C(F)(F)F)c2)n1. The molecule has 0 N–H and O–H groups in total. The summed E-state index contributed by atoms with van der Waals surface area (Å²) < 4.78 is 43.9. The second-order valence-corrected chi connectivity index (χ2v) is 8.10. The molecule has 0 fully saturated rings. The predicted octanol–water partition coefficient (Wildman–Crippen LogP) is 4.75. The highest BCUT2D eigenvalue weighted by Crippen LogP contribution is 2.32. The summed E-state index contributed by atoms with van der Waals surface area (Å²) in [6, 6.07) is 10.7. The molecule has 7 nitrogen and oxygen atoms in total. The van der Waals surface area contributed by atoms with Gasteiger partial charge < -0.3 is 4.52 Å². The van der Waals surface area contributed by atoms with Gasteiger partial charge in [-0.05, 0) is 40.0 Å². The molecular formula is C21H19F3N6O. The van der Waals surface area contributed by atoms with Gasteiger partial charge in [-0.1, -0.05) is 50.2 Å². The van der Waals surface area contributed by atoms with E-state index >= 15 is 0 Å². The summed E-state index contributed by atoms with van der Waals surface area (Å²) in [5, 5.41) is 16.1. The molecule has 2 aromatic carbocycles. The van der Waals surface area contributed by atoms with Crippen LogP contribution in [0.4, 0.5) is 13.2 Å². The highest BCUT2D eigenvalue weighted by atomic mass is 19.4. The fourth-order valence-corrected chi connectivity index (χ4v) is 3.31. The first-order valence-corrected chi connectivity index (χ1v) is 9.47. The van der Waals surface area contributed by atoms with Gasteiger partial charge >= 0.3 is 6.18 Å². The normalized spacial score (nSPS) is 12.3. The van der Waals surface area contributed by atoms with Crippen LogP contribution in [0.5, 0.6) is 0 Å². The van der Waals surface area contributed by atoms with E-state index in [1.807, 2.05) is 18.2 Å². The van der Waals surface area contributed by atoms with E-state index in [1.165, 1.54) is 23.3 Å². The quantitative estimate of drug-likeness (QED) is 0.466. The minimum Gasteiger partial charge on any atom is -0.342 e. The second kappa shape index (κ2) is 7.60. The van der Waals surface area contributed by atoms with Crippen LogP contribution in [-0.2, 0) is 18.1 Å². The Morgan fingerprint density at radius 2 is 1.74 bits per heavy atom. The fourth-order valence-electron chi connectivity index (χ4n) is 3.31. The number of benzene rings is 2. The van der Waals surface area contributed by atoms with Crippen LogP contribution in [-0.4, -0.2) is 30.3 Å². The van der Waals surface area contributed by atoms with Gasteiger partial charge in [0.1, 0.15) is 0 Å². The predicted molar refractivity (Wildman–Crippen MR) is 106 cm³/mol. The van der Waals surface area contributed by atoms with Gasteiger partial charge in [0.15, 0.2) is 0 Å². The minimum atomic E-state index is -4.44. The van der Waals surface area contributed by atoms with Crippen molar-refractivity contribution in [1.29, 1.82) is 0 Å². The van der Waals surface area contributed by atoms with E-state index in [9.17, 15) is 13.2 Å². The van der Waals surface area contributed by atoms with Gasteiger partial charge in [-0.3, -0.25) is 0 Å². The maximum absolute atomic E-state index is 13.0. The first kappa shape index (κ1) is 20.7. The molecule has 0 aliphatic heterocycles. The van der Waals surface area contributed by atoms with Crippen LogP contribution in [0.1, 0.15) is 37.5 Å². The number of hydrogen-bond donors (Lipinski definition) is 0. The van der Waals surface area contributed by atoms with Crippen molar-refractivity contribution in [3.63, 3.8) is 0 Å². The van der Waals surface area contributed by atoms with Gasteiger partial charge in [-0.25, -0.2) is 0 Å². The third kappa shape index (κ3) is 4.47. The molecule has 0 radical (unpaired) electrons. The highest BCUT2D eigenvalue weighted by Gasteiger charge is 2.30. The van der Waals surface area contributed by atoms with E-state index in [2.05, 4.69) is 46.3 Å². The Balaban J connectivity index is 1.67. The van der Waals surface area contributed by atoms with E-state index < -0.39 is 11.7 Å². The lowest BCUT2D eigenvalue weighted by molar-refractivity contribution is -0.137. The molecule has 2 aromatic heterocycles. The van der Waals surface area contributed by atoms with E-state index in [4.69, 9.17) is 4.52 Å². The lowest BCUT2D eigenvalue weighted by Crippen LogP contribution is -2.17. The van der Waals surface area contributed by atoms with Crippen molar-refractivity contribution in [2.24, 2.45) is 0 Å². The first-order valence-electron chi connectivity index (χ1n) is 9.47. The number of hydrogen-bond acceptors (Lipinski definition) is 6. The molecule has 0 spiro atoms. The largest absolute Gasteiger partial charge is 0.416 e. The van der Waals surface area contributed by atoms with Crippen molar-refractivity contribution in [2.45, 2.75) is 38.9 Å². The molecule has 2 heterocycles. The molecule has 0 atom stereocenters. The molecule has 0 unspecified atom stereocenters. The molecule has 4 rings (SSSR count). The average molecular weight is 428 g/mol. The standard InChI is InChI=1S/C21H19F3N6O/c1-20(2,3)17-8-7-14(18-25-12-31-28-18)9-15(17)11-30-27-19(26-29-30)13-5-4-6-16(10-13)21(22,23)24/h4-10,12H,11H2,1-3H3. The molecule has 4 aromatic rings. The summed E-state index contributed by atoms with van der Waals surface area (Å²) in [4.78, 5) is 5.44. The molecule has 0 aliphatic carbocycles. The number of rotatable bonds is 4. The highest BCUT2D eigenvalue weighted by molar-refractivity contribution is 5.58. The van der Waals surface area contributed by atoms with Crippen LogP contribution in [0, 0.1) is 0 Å². The Hall–Kier alpha value is -3.56. The van der Waals surface area contributed by atoms with Crippen molar-refractivity contribution >= 4 is 0 Å². The average Bonchev–Trinajstić information content (AvgIpc) is 3.39. The summed E-state index contributed by atoms with van der Waals surface area (Å²) in [7, 11) is 0. The van der Waals surface area contributed by atoms with Crippen molar-refractivity contribution in [3.8, 4) is 22.8 Å². The zero-order valence-electron chi connectivity index (χ0n) is 17.1. The summed E-state index contributed by atoms with van der Waals surface area (Å²) in [6.45, 7) is 6.54. The van der Waals surface area contributed by atoms with Crippen LogP contribution in [0.25, 0.3) is 22.8 Å². The lowest BCUT2D eigenvalue weighted by atomic mass is 9.83. The summed E-state index contributed by atoms with van der Waals surface area (Å²) >= 11 is 0. The van der Waals surface area contributed by atoms with Crippen LogP contribution >= 0.6 is 0 Å². The molecule has 160 valence electrons.